The summed E-state index contributed by atoms with van der Waals surface area (Å²) in [6.07, 6.45) is 1.52. The van der Waals surface area contributed by atoms with Gasteiger partial charge < -0.3 is 15.0 Å². The average molecular weight is 266 g/mol. The minimum absolute atomic E-state index is 0.233. The number of amides is 1. The summed E-state index contributed by atoms with van der Waals surface area (Å²) < 4.78 is 7.26. The predicted octanol–water partition coefficient (Wildman–Crippen LogP) is 2.11. The lowest BCUT2D eigenvalue weighted by Gasteiger charge is -2.40. The summed E-state index contributed by atoms with van der Waals surface area (Å²) in [6, 6.07) is 2.18. The fourth-order valence-electron chi connectivity index (χ4n) is 2.01. The van der Waals surface area contributed by atoms with E-state index in [0.29, 0.717) is 13.1 Å². The van der Waals surface area contributed by atoms with Crippen LogP contribution in [0.25, 0.3) is 0 Å². The van der Waals surface area contributed by atoms with Gasteiger partial charge in [0.1, 0.15) is 11.4 Å². The summed E-state index contributed by atoms with van der Waals surface area (Å²) in [7, 11) is 0. The largest absolute Gasteiger partial charge is 0.444 e. The Morgan fingerprint density at radius 1 is 1.53 bits per heavy atom. The highest BCUT2D eigenvalue weighted by atomic mass is 16.6. The lowest BCUT2D eigenvalue weighted by Crippen LogP contribution is -2.52. The number of hydrogen-bond acceptors (Lipinski definition) is 4. The van der Waals surface area contributed by atoms with Gasteiger partial charge in [-0.2, -0.15) is 5.10 Å². The molecule has 1 amide bonds. The summed E-state index contributed by atoms with van der Waals surface area (Å²) in [5, 5.41) is 7.55. The van der Waals surface area contributed by atoms with Crippen LogP contribution in [-0.4, -0.2) is 46.0 Å². The van der Waals surface area contributed by atoms with E-state index in [2.05, 4.69) is 10.4 Å². The Labute approximate surface area is 113 Å². The van der Waals surface area contributed by atoms with Gasteiger partial charge >= 0.3 is 6.09 Å². The Morgan fingerprint density at radius 2 is 2.21 bits per heavy atom. The lowest BCUT2D eigenvalue weighted by molar-refractivity contribution is -0.000135. The Hall–Kier alpha value is -1.72. The normalized spacial score (nSPS) is 16.1. The van der Waals surface area contributed by atoms with Crippen LogP contribution in [0.4, 0.5) is 10.6 Å². The second-order valence-corrected chi connectivity index (χ2v) is 5.73. The van der Waals surface area contributed by atoms with Gasteiger partial charge in [0.05, 0.1) is 12.2 Å². The number of ether oxygens (including phenoxy) is 1. The van der Waals surface area contributed by atoms with Crippen LogP contribution in [0.15, 0.2) is 12.3 Å². The molecule has 0 aromatic carbocycles. The number of aromatic nitrogens is 2. The number of rotatable bonds is 3. The van der Waals surface area contributed by atoms with Gasteiger partial charge in [-0.3, -0.25) is 0 Å². The molecule has 0 aliphatic carbocycles. The fourth-order valence-corrected chi connectivity index (χ4v) is 2.01. The topological polar surface area (TPSA) is 59.4 Å². The van der Waals surface area contributed by atoms with Crippen molar-refractivity contribution in [1.82, 2.24) is 14.7 Å². The third-order valence-electron chi connectivity index (χ3n) is 2.89. The average Bonchev–Trinajstić information content (AvgIpc) is 2.62. The molecule has 6 nitrogen and oxygen atoms in total. The maximum absolute atomic E-state index is 11.8. The van der Waals surface area contributed by atoms with E-state index in [1.165, 1.54) is 0 Å². The molecule has 1 aliphatic rings. The second kappa shape index (κ2) is 5.11. The van der Waals surface area contributed by atoms with E-state index in [0.717, 1.165) is 12.4 Å². The van der Waals surface area contributed by atoms with E-state index in [1.807, 2.05) is 38.4 Å². The van der Waals surface area contributed by atoms with Crippen molar-refractivity contribution in [3.8, 4) is 0 Å². The first-order valence-corrected chi connectivity index (χ1v) is 6.66. The van der Waals surface area contributed by atoms with Gasteiger partial charge in [-0.15, -0.1) is 0 Å². The molecule has 0 radical (unpaired) electrons. The van der Waals surface area contributed by atoms with Gasteiger partial charge in [0.25, 0.3) is 0 Å². The molecule has 1 aliphatic heterocycles. The van der Waals surface area contributed by atoms with Crippen molar-refractivity contribution in [2.45, 2.75) is 39.3 Å². The van der Waals surface area contributed by atoms with Crippen LogP contribution < -0.4 is 5.32 Å². The molecule has 0 saturated carbocycles. The van der Waals surface area contributed by atoms with Gasteiger partial charge in [0.15, 0.2) is 0 Å². The molecule has 106 valence electrons. The molecule has 0 spiro atoms. The molecule has 19 heavy (non-hydrogen) atoms. The molecule has 2 heterocycles. The van der Waals surface area contributed by atoms with E-state index < -0.39 is 5.60 Å². The van der Waals surface area contributed by atoms with E-state index in [-0.39, 0.29) is 12.1 Å². The quantitative estimate of drug-likeness (QED) is 0.910. The summed E-state index contributed by atoms with van der Waals surface area (Å²) in [4.78, 5) is 13.5. The molecule has 1 fully saturated rings. The minimum atomic E-state index is -0.442. The molecular formula is C13H22N4O2. The smallest absolute Gasteiger partial charge is 0.410 e. The maximum Gasteiger partial charge on any atom is 0.410 e. The van der Waals surface area contributed by atoms with Crippen LogP contribution in [0.1, 0.15) is 33.7 Å². The molecule has 2 rings (SSSR count). The van der Waals surface area contributed by atoms with Crippen LogP contribution in [0.3, 0.4) is 0 Å². The van der Waals surface area contributed by atoms with Gasteiger partial charge in [0, 0.05) is 25.7 Å². The molecule has 0 atom stereocenters. The van der Waals surface area contributed by atoms with Gasteiger partial charge in [-0.25, -0.2) is 9.48 Å². The molecule has 1 saturated heterocycles. The third-order valence-corrected chi connectivity index (χ3v) is 2.89. The van der Waals surface area contributed by atoms with Crippen molar-refractivity contribution in [1.29, 1.82) is 0 Å². The molecule has 0 unspecified atom stereocenters. The van der Waals surface area contributed by atoms with Crippen LogP contribution in [0.2, 0.25) is 0 Å². The minimum Gasteiger partial charge on any atom is -0.444 e. The van der Waals surface area contributed by atoms with E-state index >= 15 is 0 Å². The molecule has 0 bridgehead atoms. The Morgan fingerprint density at radius 3 is 2.79 bits per heavy atom. The summed E-state index contributed by atoms with van der Waals surface area (Å²) in [5.74, 6) is 0.997. The van der Waals surface area contributed by atoms with Crippen LogP contribution in [0, 0.1) is 0 Å². The summed E-state index contributed by atoms with van der Waals surface area (Å²) in [6.45, 7) is 9.82. The van der Waals surface area contributed by atoms with Gasteiger partial charge in [-0.05, 0) is 27.7 Å². The molecule has 1 aromatic rings. The zero-order valence-electron chi connectivity index (χ0n) is 12.0. The highest BCUT2D eigenvalue weighted by Gasteiger charge is 2.35. The van der Waals surface area contributed by atoms with Crippen LogP contribution in [-0.2, 0) is 4.74 Å². The van der Waals surface area contributed by atoms with Crippen molar-refractivity contribution < 1.29 is 9.53 Å². The Bertz CT molecular complexity index is 444. The third kappa shape index (κ3) is 3.19. The van der Waals surface area contributed by atoms with Gasteiger partial charge in [0.2, 0.25) is 0 Å². The highest BCUT2D eigenvalue weighted by Crippen LogP contribution is 2.25. The molecule has 1 aromatic heterocycles. The SMILES string of the molecule is CCNc1ccnn1C1CN(C(=O)OC(C)(C)C)C1. The van der Waals surface area contributed by atoms with E-state index in [9.17, 15) is 4.79 Å². The summed E-state index contributed by atoms with van der Waals surface area (Å²) >= 11 is 0. The Balaban J connectivity index is 1.89. The number of nitrogens with zero attached hydrogens (tertiary/aromatic N) is 3. The monoisotopic (exact) mass is 266 g/mol. The van der Waals surface area contributed by atoms with Gasteiger partial charge in [-0.1, -0.05) is 0 Å². The van der Waals surface area contributed by atoms with E-state index in [1.54, 1.807) is 11.1 Å². The second-order valence-electron chi connectivity index (χ2n) is 5.73. The first kappa shape index (κ1) is 13.7. The van der Waals surface area contributed by atoms with E-state index in [4.69, 9.17) is 4.74 Å². The predicted molar refractivity (Wildman–Crippen MR) is 73.2 cm³/mol. The van der Waals surface area contributed by atoms with Crippen molar-refractivity contribution in [2.75, 3.05) is 25.0 Å². The first-order chi connectivity index (χ1) is 8.90. The maximum atomic E-state index is 11.8. The van der Waals surface area contributed by atoms with Crippen molar-refractivity contribution in [2.24, 2.45) is 0 Å². The van der Waals surface area contributed by atoms with Crippen molar-refractivity contribution in [3.05, 3.63) is 12.3 Å². The fraction of sp³-hybridized carbons (Fsp3) is 0.692. The molecular weight excluding hydrogens is 244 g/mol. The van der Waals surface area contributed by atoms with Crippen molar-refractivity contribution in [3.63, 3.8) is 0 Å². The number of anilines is 1. The van der Waals surface area contributed by atoms with Crippen LogP contribution >= 0.6 is 0 Å². The zero-order chi connectivity index (χ0) is 14.0. The zero-order valence-corrected chi connectivity index (χ0v) is 12.0. The number of hydrogen-bond donors (Lipinski definition) is 1. The first-order valence-electron chi connectivity index (χ1n) is 6.66. The van der Waals surface area contributed by atoms with Crippen molar-refractivity contribution >= 4 is 11.9 Å². The number of nitrogens with one attached hydrogen (secondary N) is 1. The standard InChI is InChI=1S/C13H22N4O2/c1-5-14-11-6-7-15-17(11)10-8-16(9-10)12(18)19-13(2,3)4/h6-7,10,14H,5,8-9H2,1-4H3. The van der Waals surface area contributed by atoms with Crippen LogP contribution in [0.5, 0.6) is 0 Å². The number of carbonyl (C=O) groups excluding carboxylic acids is 1. The number of likely N-dealkylation sites (tertiary alicyclic amines) is 1. The highest BCUT2D eigenvalue weighted by molar-refractivity contribution is 5.69. The Kier molecular flexibility index (Phi) is 3.68. The number of carbonyl (C=O) groups is 1. The lowest BCUT2D eigenvalue weighted by atomic mass is 10.1. The molecule has 1 N–H and O–H groups in total. The summed E-state index contributed by atoms with van der Waals surface area (Å²) in [5.41, 5.74) is -0.442. The molecule has 6 heteroatoms.